The monoisotopic (exact) mass is 295 g/mol. The molecule has 7 heteroatoms. The van der Waals surface area contributed by atoms with Gasteiger partial charge < -0.3 is 15.7 Å². The average Bonchev–Trinajstić information content (AvgIpc) is 2.87. The third kappa shape index (κ3) is 2.49. The number of carboxylic acid groups (broad SMARTS) is 1. The Morgan fingerprint density at radius 2 is 2.10 bits per heavy atom. The van der Waals surface area contributed by atoms with Gasteiger partial charge in [-0.05, 0) is 44.4 Å². The van der Waals surface area contributed by atoms with Gasteiger partial charge in [-0.2, -0.15) is 0 Å². The third-order valence-corrected chi connectivity index (χ3v) is 5.00. The Bertz CT molecular complexity index is 533. The Balaban J connectivity index is 1.79. The molecule has 3 N–H and O–H groups in total. The zero-order chi connectivity index (χ0) is 14.2. The first kappa shape index (κ1) is 13.4. The Hall–Kier alpha value is -1.63. The fourth-order valence-corrected chi connectivity index (χ4v) is 3.63. The van der Waals surface area contributed by atoms with E-state index in [1.807, 2.05) is 0 Å². The van der Waals surface area contributed by atoms with Crippen molar-refractivity contribution >= 4 is 28.1 Å². The molecule has 108 valence electrons. The van der Waals surface area contributed by atoms with Crippen LogP contribution in [0.25, 0.3) is 0 Å². The number of aliphatic carboxylic acids is 1. The molecule has 0 aliphatic heterocycles. The van der Waals surface area contributed by atoms with Gasteiger partial charge in [-0.15, -0.1) is 11.3 Å². The van der Waals surface area contributed by atoms with Crippen molar-refractivity contribution in [3.05, 3.63) is 11.1 Å². The van der Waals surface area contributed by atoms with Crippen molar-refractivity contribution in [1.82, 2.24) is 4.98 Å². The fourth-order valence-electron chi connectivity index (χ4n) is 3.08. The fraction of sp³-hybridized carbons (Fsp3) is 0.615. The summed E-state index contributed by atoms with van der Waals surface area (Å²) in [5, 5.41) is 15.1. The number of thiazole rings is 1. The standard InChI is InChI=1S/C13H17N3O3S/c14-12-15-9(7-20-12)10(11(17)18)16-19-13-4-1-8(2-5-13)3-6-13/h7-8H,1-6H2,(H2,14,15)(H,17,18)/b16-10-. The summed E-state index contributed by atoms with van der Waals surface area (Å²) < 4.78 is 0. The van der Waals surface area contributed by atoms with Crippen molar-refractivity contribution in [3.63, 3.8) is 0 Å². The van der Waals surface area contributed by atoms with Crippen LogP contribution in [-0.2, 0) is 9.63 Å². The van der Waals surface area contributed by atoms with Gasteiger partial charge in [-0.25, -0.2) is 9.78 Å². The third-order valence-electron chi connectivity index (χ3n) is 4.32. The second-order valence-electron chi connectivity index (χ2n) is 5.57. The summed E-state index contributed by atoms with van der Waals surface area (Å²) in [5.74, 6) is -0.321. The Kier molecular flexibility index (Phi) is 3.37. The minimum Gasteiger partial charge on any atom is -0.476 e. The highest BCUT2D eigenvalue weighted by atomic mass is 32.1. The summed E-state index contributed by atoms with van der Waals surface area (Å²) in [5.41, 5.74) is 5.36. The van der Waals surface area contributed by atoms with E-state index in [9.17, 15) is 9.90 Å². The summed E-state index contributed by atoms with van der Waals surface area (Å²) in [6, 6.07) is 0. The van der Waals surface area contributed by atoms with Crippen LogP contribution in [0.1, 0.15) is 44.2 Å². The van der Waals surface area contributed by atoms with E-state index >= 15 is 0 Å². The van der Waals surface area contributed by atoms with Gasteiger partial charge >= 0.3 is 5.97 Å². The smallest absolute Gasteiger partial charge is 0.360 e. The van der Waals surface area contributed by atoms with Crippen molar-refractivity contribution in [2.24, 2.45) is 11.1 Å². The quantitative estimate of drug-likeness (QED) is 0.656. The number of nitrogen functional groups attached to an aromatic ring is 1. The number of carboxylic acids is 1. The van der Waals surface area contributed by atoms with Crippen LogP contribution in [0, 0.1) is 5.92 Å². The highest BCUT2D eigenvalue weighted by molar-refractivity contribution is 7.13. The molecule has 0 amide bonds. The number of fused-ring (bicyclic) bond motifs is 3. The first-order valence-corrected chi connectivity index (χ1v) is 7.67. The molecule has 0 saturated heterocycles. The first-order chi connectivity index (χ1) is 9.58. The molecule has 0 unspecified atom stereocenters. The van der Waals surface area contributed by atoms with E-state index in [4.69, 9.17) is 10.6 Å². The summed E-state index contributed by atoms with van der Waals surface area (Å²) in [4.78, 5) is 20.9. The normalized spacial score (nSPS) is 29.4. The van der Waals surface area contributed by atoms with Crippen molar-refractivity contribution in [2.45, 2.75) is 44.1 Å². The molecule has 6 nitrogen and oxygen atoms in total. The predicted octanol–water partition coefficient (Wildman–Crippen LogP) is 2.25. The zero-order valence-electron chi connectivity index (χ0n) is 11.0. The SMILES string of the molecule is Nc1nc(/C(=N/OC23CCC(CC2)CC3)C(=O)O)cs1. The molecular formula is C13H17N3O3S. The van der Waals surface area contributed by atoms with Crippen LogP contribution in [-0.4, -0.2) is 27.4 Å². The predicted molar refractivity (Wildman–Crippen MR) is 75.7 cm³/mol. The molecule has 1 heterocycles. The van der Waals surface area contributed by atoms with Gasteiger partial charge in [-0.3, -0.25) is 0 Å². The zero-order valence-corrected chi connectivity index (χ0v) is 11.9. The number of carbonyl (C=O) groups is 1. The summed E-state index contributed by atoms with van der Waals surface area (Å²) in [6.45, 7) is 0. The molecule has 3 aliphatic rings. The van der Waals surface area contributed by atoms with E-state index < -0.39 is 5.97 Å². The number of hydrogen-bond donors (Lipinski definition) is 2. The maximum Gasteiger partial charge on any atom is 0.360 e. The lowest BCUT2D eigenvalue weighted by atomic mass is 9.68. The molecule has 1 aromatic rings. The highest BCUT2D eigenvalue weighted by Crippen LogP contribution is 2.46. The molecule has 0 spiro atoms. The number of oxime groups is 1. The van der Waals surface area contributed by atoms with Gasteiger partial charge in [0.1, 0.15) is 11.3 Å². The van der Waals surface area contributed by atoms with Crippen LogP contribution >= 0.6 is 11.3 Å². The number of nitrogens with two attached hydrogens (primary N) is 1. The van der Waals surface area contributed by atoms with Gasteiger partial charge in [0, 0.05) is 5.38 Å². The highest BCUT2D eigenvalue weighted by Gasteiger charge is 2.43. The second-order valence-corrected chi connectivity index (χ2v) is 6.46. The second kappa shape index (κ2) is 5.05. The Labute approximate surface area is 120 Å². The molecule has 3 fully saturated rings. The van der Waals surface area contributed by atoms with E-state index in [1.165, 1.54) is 11.3 Å². The minimum absolute atomic E-state index is 0.167. The van der Waals surface area contributed by atoms with Crippen molar-refractivity contribution in [2.75, 3.05) is 5.73 Å². The van der Waals surface area contributed by atoms with Gasteiger partial charge in [0.05, 0.1) is 0 Å². The summed E-state index contributed by atoms with van der Waals surface area (Å²) >= 11 is 1.19. The van der Waals surface area contributed by atoms with Crippen molar-refractivity contribution in [1.29, 1.82) is 0 Å². The van der Waals surface area contributed by atoms with Crippen LogP contribution in [0.3, 0.4) is 0 Å². The molecule has 1 aromatic heterocycles. The molecule has 3 saturated carbocycles. The number of rotatable bonds is 4. The van der Waals surface area contributed by atoms with Gasteiger partial charge in [0.15, 0.2) is 5.13 Å². The van der Waals surface area contributed by atoms with E-state index in [1.54, 1.807) is 5.38 Å². The number of aromatic nitrogens is 1. The van der Waals surface area contributed by atoms with Gasteiger partial charge in [0.2, 0.25) is 5.71 Å². The molecule has 0 aromatic carbocycles. The lowest BCUT2D eigenvalue weighted by Crippen LogP contribution is -2.41. The lowest BCUT2D eigenvalue weighted by molar-refractivity contribution is -0.131. The van der Waals surface area contributed by atoms with Crippen molar-refractivity contribution in [3.8, 4) is 0 Å². The lowest BCUT2D eigenvalue weighted by Gasteiger charge is -2.44. The summed E-state index contributed by atoms with van der Waals surface area (Å²) in [7, 11) is 0. The van der Waals surface area contributed by atoms with E-state index in [0.29, 0.717) is 5.13 Å². The molecule has 0 radical (unpaired) electrons. The van der Waals surface area contributed by atoms with Gasteiger partial charge in [0.25, 0.3) is 0 Å². The maximum absolute atomic E-state index is 11.3. The summed E-state index contributed by atoms with van der Waals surface area (Å²) in [6.07, 6.45) is 6.36. The van der Waals surface area contributed by atoms with Crippen LogP contribution < -0.4 is 5.73 Å². The average molecular weight is 295 g/mol. The Morgan fingerprint density at radius 3 is 2.60 bits per heavy atom. The molecule has 3 aliphatic carbocycles. The van der Waals surface area contributed by atoms with Crippen molar-refractivity contribution < 1.29 is 14.7 Å². The molecule has 20 heavy (non-hydrogen) atoms. The van der Waals surface area contributed by atoms with E-state index in [2.05, 4.69) is 10.1 Å². The largest absolute Gasteiger partial charge is 0.476 e. The van der Waals surface area contributed by atoms with Gasteiger partial charge in [-0.1, -0.05) is 5.16 Å². The van der Waals surface area contributed by atoms with E-state index in [0.717, 1.165) is 44.4 Å². The number of hydrogen-bond acceptors (Lipinski definition) is 6. The van der Waals surface area contributed by atoms with E-state index in [-0.39, 0.29) is 17.0 Å². The molecule has 0 atom stereocenters. The number of nitrogens with zero attached hydrogens (tertiary/aromatic N) is 2. The van der Waals surface area contributed by atoms with Crippen LogP contribution in [0.5, 0.6) is 0 Å². The Morgan fingerprint density at radius 1 is 1.45 bits per heavy atom. The molecule has 4 rings (SSSR count). The van der Waals surface area contributed by atoms with Crippen LogP contribution in [0.2, 0.25) is 0 Å². The van der Waals surface area contributed by atoms with Crippen LogP contribution in [0.15, 0.2) is 10.5 Å². The molecular weight excluding hydrogens is 278 g/mol. The topological polar surface area (TPSA) is 97.8 Å². The first-order valence-electron chi connectivity index (χ1n) is 6.79. The maximum atomic E-state index is 11.3. The molecule has 2 bridgehead atoms. The number of anilines is 1. The minimum atomic E-state index is -1.14. The van der Waals surface area contributed by atoms with Crippen LogP contribution in [0.4, 0.5) is 5.13 Å².